The fourth-order valence-corrected chi connectivity index (χ4v) is 5.64. The van der Waals surface area contributed by atoms with Gasteiger partial charge in [0, 0.05) is 29.9 Å². The number of imidazole rings is 1. The topological polar surface area (TPSA) is 108 Å². The lowest BCUT2D eigenvalue weighted by Gasteiger charge is -2.33. The van der Waals surface area contributed by atoms with Gasteiger partial charge in [-0.25, -0.2) is 19.8 Å². The van der Waals surface area contributed by atoms with Gasteiger partial charge < -0.3 is 10.3 Å². The molecule has 0 bridgehead atoms. The van der Waals surface area contributed by atoms with Gasteiger partial charge in [0.1, 0.15) is 11.6 Å². The quantitative estimate of drug-likeness (QED) is 0.313. The molecule has 2 aliphatic rings. The van der Waals surface area contributed by atoms with Gasteiger partial charge in [0.05, 0.1) is 23.4 Å². The van der Waals surface area contributed by atoms with Crippen LogP contribution >= 0.6 is 0 Å². The zero-order chi connectivity index (χ0) is 25.5. The molecule has 2 fully saturated rings. The van der Waals surface area contributed by atoms with E-state index in [2.05, 4.69) is 37.2 Å². The van der Waals surface area contributed by atoms with Crippen LogP contribution < -0.4 is 16.2 Å². The summed E-state index contributed by atoms with van der Waals surface area (Å²) in [6, 6.07) is 10.8. The Morgan fingerprint density at radius 1 is 1.14 bits per heavy atom. The van der Waals surface area contributed by atoms with Crippen molar-refractivity contribution in [3.8, 4) is 11.1 Å². The minimum Gasteiger partial charge on any atom is -0.339 e. The van der Waals surface area contributed by atoms with E-state index in [1.165, 1.54) is 12.1 Å². The van der Waals surface area contributed by atoms with E-state index in [0.29, 0.717) is 23.5 Å². The molecule has 1 aromatic carbocycles. The highest BCUT2D eigenvalue weighted by Gasteiger charge is 2.42. The van der Waals surface area contributed by atoms with Crippen LogP contribution in [0.3, 0.4) is 0 Å². The van der Waals surface area contributed by atoms with E-state index in [0.717, 1.165) is 53.0 Å². The number of fused-ring (bicyclic) bond motifs is 2. The second-order valence-corrected chi connectivity index (χ2v) is 10.4. The molecule has 1 aliphatic carbocycles. The van der Waals surface area contributed by atoms with Crippen LogP contribution in [0.2, 0.25) is 0 Å². The van der Waals surface area contributed by atoms with E-state index in [4.69, 9.17) is 4.98 Å². The Kier molecular flexibility index (Phi) is 6.18. The first-order valence-electron chi connectivity index (χ1n) is 12.8. The van der Waals surface area contributed by atoms with Crippen LogP contribution in [-0.2, 0) is 4.79 Å². The fourth-order valence-electron chi connectivity index (χ4n) is 5.64. The molecule has 4 aromatic rings. The summed E-state index contributed by atoms with van der Waals surface area (Å²) < 4.78 is 13.9. The predicted molar refractivity (Wildman–Crippen MR) is 140 cm³/mol. The number of carbonyl (C=O) groups is 1. The summed E-state index contributed by atoms with van der Waals surface area (Å²) in [4.78, 5) is 29.4. The predicted octanol–water partition coefficient (Wildman–Crippen LogP) is 4.85. The highest BCUT2D eigenvalue weighted by molar-refractivity contribution is 5.92. The number of halogens is 1. The molecule has 8 nitrogen and oxygen atoms in total. The fraction of sp³-hybridized carbons (Fsp3) is 0.357. The zero-order valence-corrected chi connectivity index (χ0v) is 20.8. The van der Waals surface area contributed by atoms with Crippen molar-refractivity contribution in [3.63, 3.8) is 0 Å². The summed E-state index contributed by atoms with van der Waals surface area (Å²) in [6.07, 6.45) is 8.35. The summed E-state index contributed by atoms with van der Waals surface area (Å²) in [5.74, 6) is 1.09. The van der Waals surface area contributed by atoms with E-state index in [9.17, 15) is 9.18 Å². The number of rotatable bonds is 5. The molecule has 4 heterocycles. The molecule has 0 radical (unpaired) electrons. The number of aromatic amines is 1. The smallest absolute Gasteiger partial charge is 0.226 e. The molecule has 37 heavy (non-hydrogen) atoms. The third-order valence-electron chi connectivity index (χ3n) is 7.62. The van der Waals surface area contributed by atoms with Crippen molar-refractivity contribution in [1.29, 1.82) is 0 Å². The molecule has 190 valence electrons. The third kappa shape index (κ3) is 4.60. The lowest BCUT2D eigenvalue weighted by atomic mass is 9.73. The van der Waals surface area contributed by atoms with Crippen molar-refractivity contribution in [2.45, 2.75) is 51.1 Å². The monoisotopic (exact) mass is 499 g/mol. The lowest BCUT2D eigenvalue weighted by molar-refractivity contribution is -0.118. The first kappa shape index (κ1) is 23.7. The lowest BCUT2D eigenvalue weighted by Crippen LogP contribution is -2.34. The first-order valence-corrected chi connectivity index (χ1v) is 12.8. The van der Waals surface area contributed by atoms with Crippen molar-refractivity contribution in [1.82, 2.24) is 30.8 Å². The minimum atomic E-state index is -0.276. The molecule has 1 aliphatic heterocycles. The summed E-state index contributed by atoms with van der Waals surface area (Å²) in [7, 11) is 0. The summed E-state index contributed by atoms with van der Waals surface area (Å²) in [6.45, 7) is 3.76. The number of nitrogens with zero attached hydrogens (tertiary/aromatic N) is 3. The van der Waals surface area contributed by atoms with Crippen LogP contribution in [0, 0.1) is 17.7 Å². The van der Waals surface area contributed by atoms with Crippen LogP contribution in [0.4, 0.5) is 10.1 Å². The van der Waals surface area contributed by atoms with E-state index in [-0.39, 0.29) is 23.7 Å². The summed E-state index contributed by atoms with van der Waals surface area (Å²) in [5, 5.41) is 2.97. The van der Waals surface area contributed by atoms with Gasteiger partial charge in [-0.15, -0.1) is 0 Å². The molecule has 9 heteroatoms. The maximum atomic E-state index is 13.9. The number of pyridine rings is 2. The van der Waals surface area contributed by atoms with Gasteiger partial charge in [0.2, 0.25) is 5.91 Å². The van der Waals surface area contributed by atoms with Crippen LogP contribution in [0.25, 0.3) is 22.3 Å². The van der Waals surface area contributed by atoms with Crippen LogP contribution in [0.5, 0.6) is 0 Å². The summed E-state index contributed by atoms with van der Waals surface area (Å²) >= 11 is 0. The summed E-state index contributed by atoms with van der Waals surface area (Å²) in [5.41, 5.74) is 11.9. The molecule has 1 saturated carbocycles. The largest absolute Gasteiger partial charge is 0.339 e. The SMILES string of the molecule is CC(C)C(=O)Nc1cncc(C2CCC3NNC(c4nc5nccc(-c6cccc(F)c6)c5[nH]4)C3C2)c1. The Morgan fingerprint density at radius 3 is 2.86 bits per heavy atom. The second-order valence-electron chi connectivity index (χ2n) is 10.4. The Morgan fingerprint density at radius 2 is 2.03 bits per heavy atom. The number of hydrogen-bond acceptors (Lipinski definition) is 6. The van der Waals surface area contributed by atoms with Gasteiger partial charge in [-0.05, 0) is 66.5 Å². The Bertz CT molecular complexity index is 1450. The molecule has 1 saturated heterocycles. The first-order chi connectivity index (χ1) is 18.0. The standard InChI is InChI=1S/C28H30FN7O/c1-15(2)28(37)32-20-11-18(13-30-14-20)16-6-7-23-22(12-16)25(36-35-23)27-33-24-21(8-9-31-26(24)34-27)17-4-3-5-19(29)10-17/h3-5,8-11,13-16,22-23,25,35-36H,6-7,12H2,1-2H3,(H,32,37)(H,31,33,34). The van der Waals surface area contributed by atoms with Gasteiger partial charge in [-0.1, -0.05) is 26.0 Å². The number of hydrogen-bond donors (Lipinski definition) is 4. The maximum absolute atomic E-state index is 13.9. The van der Waals surface area contributed by atoms with Gasteiger partial charge >= 0.3 is 0 Å². The second kappa shape index (κ2) is 9.64. The van der Waals surface area contributed by atoms with Crippen molar-refractivity contribution in [2.24, 2.45) is 11.8 Å². The zero-order valence-electron chi connectivity index (χ0n) is 20.8. The number of aromatic nitrogens is 4. The molecular weight excluding hydrogens is 469 g/mol. The molecule has 3 aromatic heterocycles. The Labute approximate surface area is 214 Å². The number of amides is 1. The number of benzene rings is 1. The Hall–Kier alpha value is -3.69. The minimum absolute atomic E-state index is 0.0111. The molecule has 4 atom stereocenters. The van der Waals surface area contributed by atoms with E-state index in [1.807, 2.05) is 32.2 Å². The van der Waals surface area contributed by atoms with Crippen LogP contribution in [-0.4, -0.2) is 31.9 Å². The van der Waals surface area contributed by atoms with Gasteiger partial charge in [-0.2, -0.15) is 0 Å². The van der Waals surface area contributed by atoms with Crippen molar-refractivity contribution >= 4 is 22.8 Å². The van der Waals surface area contributed by atoms with Crippen LogP contribution in [0.1, 0.15) is 56.5 Å². The van der Waals surface area contributed by atoms with Gasteiger partial charge in [0.15, 0.2) is 5.65 Å². The highest BCUT2D eigenvalue weighted by atomic mass is 19.1. The van der Waals surface area contributed by atoms with Gasteiger partial charge in [0.25, 0.3) is 0 Å². The van der Waals surface area contributed by atoms with Crippen molar-refractivity contribution < 1.29 is 9.18 Å². The molecular formula is C28H30FN7O. The third-order valence-corrected chi connectivity index (χ3v) is 7.62. The number of hydrazine groups is 1. The van der Waals surface area contributed by atoms with E-state index < -0.39 is 0 Å². The average molecular weight is 500 g/mol. The number of H-pyrrole nitrogens is 1. The molecule has 4 unspecified atom stereocenters. The molecule has 6 rings (SSSR count). The average Bonchev–Trinajstić information content (AvgIpc) is 3.52. The number of nitrogens with one attached hydrogen (secondary N) is 4. The Balaban J connectivity index is 1.26. The number of carbonyl (C=O) groups excluding carboxylic acids is 1. The van der Waals surface area contributed by atoms with Crippen LogP contribution in [0.15, 0.2) is 55.0 Å². The van der Waals surface area contributed by atoms with E-state index >= 15 is 0 Å². The number of anilines is 1. The van der Waals surface area contributed by atoms with Gasteiger partial charge in [-0.3, -0.25) is 15.2 Å². The van der Waals surface area contributed by atoms with Crippen molar-refractivity contribution in [3.05, 3.63) is 72.2 Å². The molecule has 1 amide bonds. The molecule has 0 spiro atoms. The highest BCUT2D eigenvalue weighted by Crippen LogP contribution is 2.44. The van der Waals surface area contributed by atoms with Crippen molar-refractivity contribution in [2.75, 3.05) is 5.32 Å². The maximum Gasteiger partial charge on any atom is 0.226 e. The van der Waals surface area contributed by atoms with E-state index in [1.54, 1.807) is 18.5 Å². The molecule has 4 N–H and O–H groups in total. The normalized spacial score (nSPS) is 23.4.